The molecule has 1 amide bonds. The van der Waals surface area contributed by atoms with Crippen LogP contribution in [-0.2, 0) is 0 Å². The number of likely N-dealkylation sites (tertiary alicyclic amines) is 1. The van der Waals surface area contributed by atoms with E-state index in [1.54, 1.807) is 35.5 Å². The number of carbonyl (C=O) groups excluding carboxylic acids is 1. The largest absolute Gasteiger partial charge is 0.490 e. The summed E-state index contributed by atoms with van der Waals surface area (Å²) in [5, 5.41) is 0. The van der Waals surface area contributed by atoms with E-state index in [0.717, 1.165) is 17.3 Å². The van der Waals surface area contributed by atoms with Crippen molar-refractivity contribution in [2.24, 2.45) is 0 Å². The molecule has 2 heterocycles. The Morgan fingerprint density at radius 2 is 1.89 bits per heavy atom. The second-order valence-corrected chi connectivity index (χ2v) is 7.26. The molecule has 0 bridgehead atoms. The van der Waals surface area contributed by atoms with E-state index in [0.29, 0.717) is 49.4 Å². The number of hydrogen-bond donors (Lipinski definition) is 0. The molecule has 8 heteroatoms. The van der Waals surface area contributed by atoms with Crippen molar-refractivity contribution >= 4 is 21.8 Å². The van der Waals surface area contributed by atoms with Crippen molar-refractivity contribution < 1.29 is 19.0 Å². The number of aromatic nitrogens is 2. The Labute approximate surface area is 173 Å². The Balaban J connectivity index is 1.69. The van der Waals surface area contributed by atoms with Gasteiger partial charge >= 0.3 is 6.01 Å². The van der Waals surface area contributed by atoms with Gasteiger partial charge in [0.15, 0.2) is 11.5 Å². The molecule has 3 rings (SSSR count). The Hall–Kier alpha value is -2.35. The number of piperidine rings is 1. The molecule has 1 atom stereocenters. The number of amides is 1. The van der Waals surface area contributed by atoms with Crippen molar-refractivity contribution in [3.8, 4) is 17.5 Å². The van der Waals surface area contributed by atoms with Gasteiger partial charge in [-0.3, -0.25) is 4.79 Å². The molecular weight excluding hydrogens is 426 g/mol. The summed E-state index contributed by atoms with van der Waals surface area (Å²) in [5.74, 6) is 1.19. The molecule has 0 N–H and O–H groups in total. The molecule has 1 aliphatic rings. The lowest BCUT2D eigenvalue weighted by atomic mass is 10.1. The van der Waals surface area contributed by atoms with Crippen LogP contribution in [0.4, 0.5) is 0 Å². The third-order valence-electron chi connectivity index (χ3n) is 4.32. The van der Waals surface area contributed by atoms with Gasteiger partial charge in [0.1, 0.15) is 6.10 Å². The molecule has 2 aromatic rings. The van der Waals surface area contributed by atoms with E-state index in [2.05, 4.69) is 25.9 Å². The average Bonchev–Trinajstić information content (AvgIpc) is 2.71. The number of carbonyl (C=O) groups is 1. The Kier molecular flexibility index (Phi) is 7.08. The van der Waals surface area contributed by atoms with E-state index in [1.165, 1.54) is 0 Å². The minimum Gasteiger partial charge on any atom is -0.490 e. The summed E-state index contributed by atoms with van der Waals surface area (Å²) in [6.07, 6.45) is 4.87. The number of benzene rings is 1. The predicted octanol–water partition coefficient (Wildman–Crippen LogP) is 3.72. The van der Waals surface area contributed by atoms with E-state index >= 15 is 0 Å². The maximum atomic E-state index is 13.0. The molecule has 1 aromatic carbocycles. The van der Waals surface area contributed by atoms with Crippen LogP contribution in [0.15, 0.2) is 35.1 Å². The third kappa shape index (κ3) is 5.13. The minimum atomic E-state index is -0.132. The summed E-state index contributed by atoms with van der Waals surface area (Å²) in [5.41, 5.74) is 0.576. The van der Waals surface area contributed by atoms with Crippen LogP contribution in [0.25, 0.3) is 0 Å². The summed E-state index contributed by atoms with van der Waals surface area (Å²) in [4.78, 5) is 23.1. The summed E-state index contributed by atoms with van der Waals surface area (Å²) in [6.45, 7) is 6.05. The third-order valence-corrected chi connectivity index (χ3v) is 4.73. The average molecular weight is 450 g/mol. The highest BCUT2D eigenvalue weighted by Crippen LogP contribution is 2.29. The molecule has 0 radical (unpaired) electrons. The SMILES string of the molecule is CCOc1ccc(C(=O)N2CCCC(Oc3ncc(Br)cn3)C2)cc1OCC. The normalized spacial score (nSPS) is 16.5. The summed E-state index contributed by atoms with van der Waals surface area (Å²) in [7, 11) is 0. The van der Waals surface area contributed by atoms with Crippen molar-refractivity contribution in [1.29, 1.82) is 0 Å². The quantitative estimate of drug-likeness (QED) is 0.640. The number of hydrogen-bond acceptors (Lipinski definition) is 6. The molecule has 1 aromatic heterocycles. The van der Waals surface area contributed by atoms with Crippen molar-refractivity contribution in [2.45, 2.75) is 32.8 Å². The zero-order chi connectivity index (χ0) is 19.9. The van der Waals surface area contributed by atoms with Crippen molar-refractivity contribution in [3.05, 3.63) is 40.6 Å². The first kappa shape index (κ1) is 20.4. The Morgan fingerprint density at radius 1 is 1.18 bits per heavy atom. The van der Waals surface area contributed by atoms with Crippen LogP contribution in [0.3, 0.4) is 0 Å². The first-order chi connectivity index (χ1) is 13.6. The molecule has 1 fully saturated rings. The smallest absolute Gasteiger partial charge is 0.316 e. The van der Waals surface area contributed by atoms with Crippen LogP contribution in [0.1, 0.15) is 37.0 Å². The monoisotopic (exact) mass is 449 g/mol. The highest BCUT2D eigenvalue weighted by atomic mass is 79.9. The molecule has 28 heavy (non-hydrogen) atoms. The lowest BCUT2D eigenvalue weighted by Crippen LogP contribution is -2.44. The van der Waals surface area contributed by atoms with Crippen LogP contribution in [-0.4, -0.2) is 53.2 Å². The van der Waals surface area contributed by atoms with E-state index in [9.17, 15) is 4.79 Å². The highest BCUT2D eigenvalue weighted by molar-refractivity contribution is 9.10. The van der Waals surface area contributed by atoms with Crippen molar-refractivity contribution in [2.75, 3.05) is 26.3 Å². The van der Waals surface area contributed by atoms with E-state index in [4.69, 9.17) is 14.2 Å². The number of halogens is 1. The fraction of sp³-hybridized carbons (Fsp3) is 0.450. The van der Waals surface area contributed by atoms with Crippen LogP contribution >= 0.6 is 15.9 Å². The molecule has 150 valence electrons. The second-order valence-electron chi connectivity index (χ2n) is 6.34. The summed E-state index contributed by atoms with van der Waals surface area (Å²) < 4.78 is 17.9. The zero-order valence-corrected chi connectivity index (χ0v) is 17.6. The van der Waals surface area contributed by atoms with Gasteiger partial charge in [0.05, 0.1) is 24.2 Å². The first-order valence-electron chi connectivity index (χ1n) is 9.43. The maximum Gasteiger partial charge on any atom is 0.316 e. The maximum absolute atomic E-state index is 13.0. The molecule has 1 aliphatic heterocycles. The van der Waals surface area contributed by atoms with Crippen LogP contribution < -0.4 is 14.2 Å². The Morgan fingerprint density at radius 3 is 2.61 bits per heavy atom. The van der Waals surface area contributed by atoms with Gasteiger partial charge in [-0.15, -0.1) is 0 Å². The van der Waals surface area contributed by atoms with Gasteiger partial charge in [0, 0.05) is 24.5 Å². The van der Waals surface area contributed by atoms with E-state index in [1.807, 2.05) is 13.8 Å². The minimum absolute atomic E-state index is 0.0472. The lowest BCUT2D eigenvalue weighted by molar-refractivity contribution is 0.0515. The number of ether oxygens (including phenoxy) is 3. The molecule has 0 aliphatic carbocycles. The molecule has 0 saturated carbocycles. The first-order valence-corrected chi connectivity index (χ1v) is 10.2. The standard InChI is InChI=1S/C20H24BrN3O4/c1-3-26-17-8-7-14(10-18(17)27-4-2)19(25)24-9-5-6-16(13-24)28-20-22-11-15(21)12-23-20/h7-8,10-12,16H,3-6,9,13H2,1-2H3. The highest BCUT2D eigenvalue weighted by Gasteiger charge is 2.27. The van der Waals surface area contributed by atoms with E-state index < -0.39 is 0 Å². The van der Waals surface area contributed by atoms with Crippen LogP contribution in [0.5, 0.6) is 17.5 Å². The molecule has 7 nitrogen and oxygen atoms in total. The fourth-order valence-electron chi connectivity index (χ4n) is 3.10. The molecule has 1 unspecified atom stereocenters. The van der Waals surface area contributed by atoms with Gasteiger partial charge < -0.3 is 19.1 Å². The zero-order valence-electron chi connectivity index (χ0n) is 16.1. The second kappa shape index (κ2) is 9.73. The van der Waals surface area contributed by atoms with Crippen molar-refractivity contribution in [1.82, 2.24) is 14.9 Å². The molecular formula is C20H24BrN3O4. The lowest BCUT2D eigenvalue weighted by Gasteiger charge is -2.32. The van der Waals surface area contributed by atoms with Gasteiger partial charge in [-0.25, -0.2) is 9.97 Å². The van der Waals surface area contributed by atoms with E-state index in [-0.39, 0.29) is 12.0 Å². The van der Waals surface area contributed by atoms with Gasteiger partial charge in [-0.1, -0.05) is 0 Å². The molecule has 1 saturated heterocycles. The topological polar surface area (TPSA) is 73.8 Å². The fourth-order valence-corrected chi connectivity index (χ4v) is 3.30. The van der Waals surface area contributed by atoms with Crippen molar-refractivity contribution in [3.63, 3.8) is 0 Å². The van der Waals surface area contributed by atoms with Gasteiger partial charge in [0.2, 0.25) is 0 Å². The van der Waals surface area contributed by atoms with Gasteiger partial charge in [0.25, 0.3) is 5.91 Å². The summed E-state index contributed by atoms with van der Waals surface area (Å²) >= 11 is 3.30. The number of rotatable bonds is 7. The Bertz CT molecular complexity index is 801. The number of nitrogens with zero attached hydrogens (tertiary/aromatic N) is 3. The molecule has 0 spiro atoms. The van der Waals surface area contributed by atoms with Gasteiger partial charge in [-0.2, -0.15) is 0 Å². The predicted molar refractivity (Wildman–Crippen MR) is 108 cm³/mol. The van der Waals surface area contributed by atoms with Gasteiger partial charge in [-0.05, 0) is 60.8 Å². The van der Waals surface area contributed by atoms with Crippen LogP contribution in [0.2, 0.25) is 0 Å². The summed E-state index contributed by atoms with van der Waals surface area (Å²) in [6, 6.07) is 5.63. The van der Waals surface area contributed by atoms with Crippen LogP contribution in [0, 0.1) is 0 Å².